The van der Waals surface area contributed by atoms with Gasteiger partial charge in [0, 0.05) is 0 Å². The lowest BCUT2D eigenvalue weighted by molar-refractivity contribution is 1.15. The molecule has 0 saturated carbocycles. The highest BCUT2D eigenvalue weighted by Crippen LogP contribution is 2.17. The van der Waals surface area contributed by atoms with Crippen LogP contribution in [-0.2, 0) is 6.42 Å². The highest BCUT2D eigenvalue weighted by Gasteiger charge is 2.00. The van der Waals surface area contributed by atoms with E-state index < -0.39 is 0 Å². The van der Waals surface area contributed by atoms with Gasteiger partial charge in [0.1, 0.15) is 0 Å². The van der Waals surface area contributed by atoms with Crippen molar-refractivity contribution in [3.63, 3.8) is 0 Å². The summed E-state index contributed by atoms with van der Waals surface area (Å²) in [5.74, 6) is 0. The first-order chi connectivity index (χ1) is 35.0. The number of fused-ring (bicyclic) bond motifs is 1. The SMILES string of the molecule is CC.CC.CC.CC.CC.CC.CC.CC.CC.CC.CC.CC.CC.Cc1ccc(Cc2ccc(C)c(C)c2)cc1C.c1ccc2ccccc2c1.c1ccccc1.c1ccccc1.c1ccccc1. The largest absolute Gasteiger partial charge is 0.0683 e. The standard InChI is InChI=1S/C17H20.C10H8.3C6H6.13C2H6/c1-12-5-7-16(9-14(12)3)11-17-8-6-13(2)15(4)10-17;1-2-6-10-8-4-3-7-9(10)5-1;3*1-2-4-6-5-3-1;13*1-2/h5-10H,11H2,1-4H3;1-8H;3*1-6H;13*1-2H3. The van der Waals surface area contributed by atoms with E-state index in [1.165, 1.54) is 44.2 Å². The van der Waals surface area contributed by atoms with E-state index in [1.54, 1.807) is 0 Å². The van der Waals surface area contributed by atoms with Crippen molar-refractivity contribution in [1.82, 2.24) is 0 Å². The molecule has 0 aliphatic carbocycles. The number of aryl methyl sites for hydroxylation is 4. The minimum Gasteiger partial charge on any atom is -0.0683 e. The quantitative estimate of drug-likeness (QED) is 0.162. The lowest BCUT2D eigenvalue weighted by Gasteiger charge is -2.07. The number of benzene rings is 7. The first-order valence-electron chi connectivity index (χ1n) is 28.6. The Morgan fingerprint density at radius 3 is 0.479 bits per heavy atom. The summed E-state index contributed by atoms with van der Waals surface area (Å²) in [5.41, 5.74) is 8.30. The fourth-order valence-corrected chi connectivity index (χ4v) is 4.35. The topological polar surface area (TPSA) is 0 Å². The van der Waals surface area contributed by atoms with Gasteiger partial charge in [-0.15, -0.1) is 0 Å². The van der Waals surface area contributed by atoms with Gasteiger partial charge in [0.15, 0.2) is 0 Å². The highest BCUT2D eigenvalue weighted by molar-refractivity contribution is 5.82. The first-order valence-corrected chi connectivity index (χ1v) is 28.6. The molecule has 7 aromatic carbocycles. The average molecular weight is 978 g/mol. The average Bonchev–Trinajstić information content (AvgIpc) is 3.51. The third kappa shape index (κ3) is 69.1. The third-order valence-electron chi connectivity index (χ3n) is 7.21. The molecule has 0 saturated heterocycles. The van der Waals surface area contributed by atoms with E-state index in [9.17, 15) is 0 Å². The molecule has 0 spiro atoms. The van der Waals surface area contributed by atoms with Gasteiger partial charge in [-0.25, -0.2) is 0 Å². The zero-order valence-corrected chi connectivity index (χ0v) is 53.2. The monoisotopic (exact) mass is 977 g/mol. The molecule has 0 fully saturated rings. The summed E-state index contributed by atoms with van der Waals surface area (Å²) in [6.07, 6.45) is 1.03. The van der Waals surface area contributed by atoms with Crippen molar-refractivity contribution in [3.8, 4) is 0 Å². The molecule has 0 heteroatoms. The Morgan fingerprint density at radius 2 is 0.338 bits per heavy atom. The van der Waals surface area contributed by atoms with Crippen LogP contribution in [0.25, 0.3) is 10.8 Å². The maximum absolute atomic E-state index is 2.30. The number of hydrogen-bond acceptors (Lipinski definition) is 0. The second-order valence-corrected chi connectivity index (χ2v) is 10.8. The summed E-state index contributed by atoms with van der Waals surface area (Å²) in [5, 5.41) is 2.62. The molecule has 71 heavy (non-hydrogen) atoms. The normalized spacial score (nSPS) is 7.07. The first kappa shape index (κ1) is 92.0. The minimum absolute atomic E-state index is 1.03. The maximum Gasteiger partial charge on any atom is -0.00256 e. The molecule has 7 aromatic rings. The van der Waals surface area contributed by atoms with Gasteiger partial charge in [0.05, 0.1) is 0 Å². The molecular formula is C71H124. The molecule has 0 atom stereocenters. The summed E-state index contributed by atoms with van der Waals surface area (Å²) in [7, 11) is 0. The summed E-state index contributed by atoms with van der Waals surface area (Å²) in [6, 6.07) is 66.2. The van der Waals surface area contributed by atoms with Crippen molar-refractivity contribution in [1.29, 1.82) is 0 Å². The molecule has 0 amide bonds. The third-order valence-corrected chi connectivity index (χ3v) is 7.21. The number of hydrogen-bond donors (Lipinski definition) is 0. The van der Waals surface area contributed by atoms with Crippen LogP contribution in [0.4, 0.5) is 0 Å². The zero-order valence-electron chi connectivity index (χ0n) is 53.2. The molecule has 0 nitrogen and oxygen atoms in total. The molecule has 0 aliphatic heterocycles. The smallest absolute Gasteiger partial charge is 0.00256 e. The van der Waals surface area contributed by atoms with E-state index >= 15 is 0 Å². The Kier molecular flexibility index (Phi) is 127. The van der Waals surface area contributed by atoms with Gasteiger partial charge in [-0.05, 0) is 78.3 Å². The fraction of sp³-hybridized carbons (Fsp3) is 0.437. The Bertz CT molecular complexity index is 1470. The molecule has 0 heterocycles. The molecule has 0 aromatic heterocycles. The van der Waals surface area contributed by atoms with Gasteiger partial charge in [0.2, 0.25) is 0 Å². The van der Waals surface area contributed by atoms with Crippen LogP contribution in [0.1, 0.15) is 213 Å². The van der Waals surface area contributed by atoms with E-state index in [1.807, 2.05) is 289 Å². The van der Waals surface area contributed by atoms with Crippen LogP contribution in [0.15, 0.2) is 194 Å². The predicted molar refractivity (Wildman–Crippen MR) is 345 cm³/mol. The van der Waals surface area contributed by atoms with Crippen LogP contribution < -0.4 is 0 Å². The molecule has 408 valence electrons. The second-order valence-electron chi connectivity index (χ2n) is 10.8. The molecule has 0 bridgehead atoms. The van der Waals surface area contributed by atoms with Gasteiger partial charge < -0.3 is 0 Å². The van der Waals surface area contributed by atoms with Crippen LogP contribution in [0.2, 0.25) is 0 Å². The van der Waals surface area contributed by atoms with Gasteiger partial charge in [-0.2, -0.15) is 0 Å². The zero-order chi connectivity index (χ0) is 58.0. The van der Waals surface area contributed by atoms with Crippen molar-refractivity contribution in [2.45, 2.75) is 214 Å². The van der Waals surface area contributed by atoms with E-state index in [4.69, 9.17) is 0 Å². The minimum atomic E-state index is 1.03. The fourth-order valence-electron chi connectivity index (χ4n) is 4.35. The highest BCUT2D eigenvalue weighted by atomic mass is 14.1. The Balaban J connectivity index is -0.0000000653. The molecule has 0 unspecified atom stereocenters. The summed E-state index contributed by atoms with van der Waals surface area (Å²) in [6.45, 7) is 60.7. The van der Waals surface area contributed by atoms with E-state index in [0.29, 0.717) is 0 Å². The summed E-state index contributed by atoms with van der Waals surface area (Å²) >= 11 is 0. The van der Waals surface area contributed by atoms with Gasteiger partial charge in [0.25, 0.3) is 0 Å². The summed E-state index contributed by atoms with van der Waals surface area (Å²) in [4.78, 5) is 0. The lowest BCUT2D eigenvalue weighted by atomic mass is 9.98. The molecular weight excluding hydrogens is 853 g/mol. The van der Waals surface area contributed by atoms with Crippen LogP contribution in [0, 0.1) is 27.7 Å². The summed E-state index contributed by atoms with van der Waals surface area (Å²) < 4.78 is 0. The Morgan fingerprint density at radius 1 is 0.183 bits per heavy atom. The Hall–Kier alpha value is -5.20. The van der Waals surface area contributed by atoms with Crippen molar-refractivity contribution >= 4 is 10.8 Å². The van der Waals surface area contributed by atoms with Crippen LogP contribution in [0.3, 0.4) is 0 Å². The van der Waals surface area contributed by atoms with Crippen LogP contribution in [-0.4, -0.2) is 0 Å². The second kappa shape index (κ2) is 98.3. The molecule has 7 rings (SSSR count). The van der Waals surface area contributed by atoms with Crippen LogP contribution in [0.5, 0.6) is 0 Å². The maximum atomic E-state index is 2.30. The Labute approximate surface area is 450 Å². The van der Waals surface area contributed by atoms with Crippen molar-refractivity contribution in [3.05, 3.63) is 228 Å². The van der Waals surface area contributed by atoms with Crippen molar-refractivity contribution < 1.29 is 0 Å². The van der Waals surface area contributed by atoms with E-state index in [2.05, 4.69) is 113 Å². The molecule has 0 aliphatic rings. The van der Waals surface area contributed by atoms with E-state index in [-0.39, 0.29) is 0 Å². The van der Waals surface area contributed by atoms with E-state index in [0.717, 1.165) is 6.42 Å². The van der Waals surface area contributed by atoms with Crippen LogP contribution >= 0.6 is 0 Å². The number of rotatable bonds is 2. The van der Waals surface area contributed by atoms with Gasteiger partial charge in [-0.3, -0.25) is 0 Å². The van der Waals surface area contributed by atoms with Gasteiger partial charge in [-0.1, -0.05) is 374 Å². The lowest BCUT2D eigenvalue weighted by Crippen LogP contribution is -1.92. The van der Waals surface area contributed by atoms with Crippen molar-refractivity contribution in [2.75, 3.05) is 0 Å². The molecule has 0 N–H and O–H groups in total. The van der Waals surface area contributed by atoms with Crippen molar-refractivity contribution in [2.24, 2.45) is 0 Å². The van der Waals surface area contributed by atoms with Gasteiger partial charge >= 0.3 is 0 Å². The molecule has 0 radical (unpaired) electrons. The predicted octanol–water partition coefficient (Wildman–Crippen LogP) is 25.8.